The monoisotopic (exact) mass is 316 g/mol. The van der Waals surface area contributed by atoms with Gasteiger partial charge >= 0.3 is 0 Å². The standard InChI is InChI=1S/C17H32O5/c1-5-6-7-8-14-16(9-15(21-14)12(2)18)19-10-13-11-20-17(3,4)22-13/h12-16,18H,5-11H2,1-4H3. The van der Waals surface area contributed by atoms with Gasteiger partial charge in [0.25, 0.3) is 0 Å². The molecule has 5 nitrogen and oxygen atoms in total. The van der Waals surface area contributed by atoms with Crippen LogP contribution in [0.25, 0.3) is 0 Å². The van der Waals surface area contributed by atoms with Gasteiger partial charge in [0.05, 0.1) is 37.6 Å². The minimum Gasteiger partial charge on any atom is -0.391 e. The molecular weight excluding hydrogens is 284 g/mol. The average Bonchev–Trinajstić information content (AvgIpc) is 3.00. The molecule has 0 aromatic carbocycles. The molecule has 22 heavy (non-hydrogen) atoms. The molecule has 2 saturated heterocycles. The number of hydrogen-bond acceptors (Lipinski definition) is 5. The van der Waals surface area contributed by atoms with Crippen molar-refractivity contribution < 1.29 is 24.1 Å². The Balaban J connectivity index is 1.80. The molecule has 1 N–H and O–H groups in total. The second kappa shape index (κ2) is 8.06. The van der Waals surface area contributed by atoms with E-state index >= 15 is 0 Å². The second-order valence-electron chi connectivity index (χ2n) is 7.01. The van der Waals surface area contributed by atoms with E-state index in [1.807, 2.05) is 13.8 Å². The van der Waals surface area contributed by atoms with E-state index in [2.05, 4.69) is 6.92 Å². The summed E-state index contributed by atoms with van der Waals surface area (Å²) >= 11 is 0. The molecule has 0 aromatic heterocycles. The lowest BCUT2D eigenvalue weighted by Gasteiger charge is -2.21. The minimum atomic E-state index is -0.511. The van der Waals surface area contributed by atoms with Crippen LogP contribution in [0.2, 0.25) is 0 Å². The Morgan fingerprint density at radius 3 is 2.68 bits per heavy atom. The summed E-state index contributed by atoms with van der Waals surface area (Å²) in [6.45, 7) is 8.91. The third-order valence-corrected chi connectivity index (χ3v) is 4.42. The van der Waals surface area contributed by atoms with Crippen LogP contribution in [0, 0.1) is 0 Å². The first kappa shape index (κ1) is 18.1. The molecule has 2 aliphatic rings. The van der Waals surface area contributed by atoms with E-state index in [9.17, 15) is 5.11 Å². The molecule has 0 amide bonds. The molecule has 0 bridgehead atoms. The van der Waals surface area contributed by atoms with Gasteiger partial charge in [-0.3, -0.25) is 0 Å². The van der Waals surface area contributed by atoms with Crippen LogP contribution in [0.15, 0.2) is 0 Å². The largest absolute Gasteiger partial charge is 0.391 e. The molecule has 2 aliphatic heterocycles. The Morgan fingerprint density at radius 1 is 1.32 bits per heavy atom. The van der Waals surface area contributed by atoms with Crippen LogP contribution in [0.5, 0.6) is 0 Å². The number of hydrogen-bond donors (Lipinski definition) is 1. The van der Waals surface area contributed by atoms with Crippen molar-refractivity contribution in [1.29, 1.82) is 0 Å². The molecule has 0 saturated carbocycles. The van der Waals surface area contributed by atoms with Gasteiger partial charge in [-0.25, -0.2) is 0 Å². The van der Waals surface area contributed by atoms with Gasteiger partial charge in [-0.05, 0) is 27.2 Å². The molecule has 2 heterocycles. The predicted molar refractivity (Wildman–Crippen MR) is 83.7 cm³/mol. The lowest BCUT2D eigenvalue weighted by molar-refractivity contribution is -0.149. The zero-order valence-corrected chi connectivity index (χ0v) is 14.4. The van der Waals surface area contributed by atoms with Crippen molar-refractivity contribution in [3.63, 3.8) is 0 Å². The lowest BCUT2D eigenvalue weighted by Crippen LogP contribution is -2.30. The van der Waals surface area contributed by atoms with Crippen molar-refractivity contribution >= 4 is 0 Å². The molecule has 5 unspecified atom stereocenters. The smallest absolute Gasteiger partial charge is 0.163 e. The number of unbranched alkanes of at least 4 members (excludes halogenated alkanes) is 2. The molecule has 5 atom stereocenters. The second-order valence-corrected chi connectivity index (χ2v) is 7.01. The fraction of sp³-hybridized carbons (Fsp3) is 1.00. The molecule has 5 heteroatoms. The molecule has 0 spiro atoms. The molecule has 0 aliphatic carbocycles. The Bertz CT molecular complexity index is 331. The van der Waals surface area contributed by atoms with Crippen LogP contribution in [-0.4, -0.2) is 54.6 Å². The van der Waals surface area contributed by atoms with Crippen molar-refractivity contribution in [3.8, 4) is 0 Å². The fourth-order valence-electron chi connectivity index (χ4n) is 3.16. The van der Waals surface area contributed by atoms with E-state index in [4.69, 9.17) is 18.9 Å². The highest BCUT2D eigenvalue weighted by atomic mass is 16.7. The fourth-order valence-corrected chi connectivity index (χ4v) is 3.16. The summed E-state index contributed by atoms with van der Waals surface area (Å²) in [5, 5.41) is 9.78. The number of ether oxygens (including phenoxy) is 4. The molecule has 2 rings (SSSR count). The maximum absolute atomic E-state index is 9.78. The summed E-state index contributed by atoms with van der Waals surface area (Å²) in [5.74, 6) is -0.511. The zero-order valence-electron chi connectivity index (χ0n) is 14.4. The third-order valence-electron chi connectivity index (χ3n) is 4.42. The van der Waals surface area contributed by atoms with E-state index in [-0.39, 0.29) is 24.4 Å². The normalized spacial score (nSPS) is 35.9. The van der Waals surface area contributed by atoms with Gasteiger partial charge < -0.3 is 24.1 Å². The van der Waals surface area contributed by atoms with Crippen molar-refractivity contribution in [3.05, 3.63) is 0 Å². The van der Waals surface area contributed by atoms with Crippen molar-refractivity contribution in [1.82, 2.24) is 0 Å². The SMILES string of the molecule is CCCCCC1OC(C(C)O)CC1OCC1COC(C)(C)O1. The summed E-state index contributed by atoms with van der Waals surface area (Å²) in [6, 6.07) is 0. The first-order valence-electron chi connectivity index (χ1n) is 8.68. The number of aliphatic hydroxyl groups excluding tert-OH is 1. The minimum absolute atomic E-state index is 0.0168. The topological polar surface area (TPSA) is 57.2 Å². The Kier molecular flexibility index (Phi) is 6.65. The van der Waals surface area contributed by atoms with E-state index < -0.39 is 11.9 Å². The Hall–Kier alpha value is -0.200. The van der Waals surface area contributed by atoms with Gasteiger partial charge in [0.2, 0.25) is 0 Å². The van der Waals surface area contributed by atoms with Crippen molar-refractivity contribution in [2.75, 3.05) is 13.2 Å². The summed E-state index contributed by atoms with van der Waals surface area (Å²) in [7, 11) is 0. The van der Waals surface area contributed by atoms with Gasteiger partial charge in [-0.15, -0.1) is 0 Å². The predicted octanol–water partition coefficient (Wildman–Crippen LogP) is 2.64. The summed E-state index contributed by atoms with van der Waals surface area (Å²) in [4.78, 5) is 0. The average molecular weight is 316 g/mol. The van der Waals surface area contributed by atoms with Crippen LogP contribution in [0.3, 0.4) is 0 Å². The van der Waals surface area contributed by atoms with Crippen LogP contribution in [-0.2, 0) is 18.9 Å². The molecular formula is C17H32O5. The van der Waals surface area contributed by atoms with Gasteiger partial charge in [0.1, 0.15) is 6.10 Å². The molecule has 2 fully saturated rings. The lowest BCUT2D eigenvalue weighted by atomic mass is 10.0. The Labute approximate surface area is 134 Å². The van der Waals surface area contributed by atoms with E-state index in [1.165, 1.54) is 12.8 Å². The molecule has 0 aromatic rings. The summed E-state index contributed by atoms with van der Waals surface area (Å²) in [5.41, 5.74) is 0. The van der Waals surface area contributed by atoms with Crippen molar-refractivity contribution in [2.24, 2.45) is 0 Å². The van der Waals surface area contributed by atoms with E-state index in [1.54, 1.807) is 6.92 Å². The highest BCUT2D eigenvalue weighted by Gasteiger charge is 2.39. The van der Waals surface area contributed by atoms with Gasteiger partial charge in [-0.1, -0.05) is 26.2 Å². The first-order valence-corrected chi connectivity index (χ1v) is 8.68. The van der Waals surface area contributed by atoms with Crippen molar-refractivity contribution in [2.45, 2.75) is 96.1 Å². The quantitative estimate of drug-likeness (QED) is 0.698. The third kappa shape index (κ3) is 5.17. The highest BCUT2D eigenvalue weighted by molar-refractivity contribution is 4.86. The van der Waals surface area contributed by atoms with E-state index in [0.29, 0.717) is 13.2 Å². The summed E-state index contributed by atoms with van der Waals surface area (Å²) in [6.07, 6.45) is 4.84. The van der Waals surface area contributed by atoms with E-state index in [0.717, 1.165) is 19.3 Å². The van der Waals surface area contributed by atoms with Crippen LogP contribution in [0.4, 0.5) is 0 Å². The summed E-state index contributed by atoms with van der Waals surface area (Å²) < 4.78 is 23.4. The molecule has 0 radical (unpaired) electrons. The first-order chi connectivity index (χ1) is 10.4. The maximum atomic E-state index is 9.78. The van der Waals surface area contributed by atoms with Crippen LogP contribution >= 0.6 is 0 Å². The van der Waals surface area contributed by atoms with Crippen LogP contribution in [0.1, 0.15) is 59.8 Å². The van der Waals surface area contributed by atoms with Gasteiger partial charge in [0, 0.05) is 6.42 Å². The number of rotatable bonds is 8. The Morgan fingerprint density at radius 2 is 2.09 bits per heavy atom. The van der Waals surface area contributed by atoms with Gasteiger partial charge in [-0.2, -0.15) is 0 Å². The maximum Gasteiger partial charge on any atom is 0.163 e. The molecule has 130 valence electrons. The highest BCUT2D eigenvalue weighted by Crippen LogP contribution is 2.30. The number of aliphatic hydroxyl groups is 1. The van der Waals surface area contributed by atoms with Crippen LogP contribution < -0.4 is 0 Å². The zero-order chi connectivity index (χ0) is 16.2. The van der Waals surface area contributed by atoms with Gasteiger partial charge in [0.15, 0.2) is 5.79 Å².